The summed E-state index contributed by atoms with van der Waals surface area (Å²) in [7, 11) is 0. The first kappa shape index (κ1) is 12.7. The first-order valence-corrected chi connectivity index (χ1v) is 5.72. The van der Waals surface area contributed by atoms with Gasteiger partial charge in [-0.1, -0.05) is 30.3 Å². The quantitative estimate of drug-likeness (QED) is 0.906. The molecule has 0 unspecified atom stereocenters. The molecule has 0 heterocycles. The molecule has 0 bridgehead atoms. The number of benzene rings is 2. The van der Waals surface area contributed by atoms with Crippen molar-refractivity contribution in [1.29, 1.82) is 5.26 Å². The lowest BCUT2D eigenvalue weighted by molar-refractivity contribution is 0.0996. The van der Waals surface area contributed by atoms with Gasteiger partial charge in [0, 0.05) is 5.56 Å². The highest BCUT2D eigenvalue weighted by atomic mass is 16.5. The molecule has 4 heteroatoms. The Bertz CT molecular complexity index is 645. The fourth-order valence-corrected chi connectivity index (χ4v) is 1.71. The van der Waals surface area contributed by atoms with Crippen LogP contribution in [0.5, 0.6) is 5.75 Å². The zero-order valence-corrected chi connectivity index (χ0v) is 10.2. The summed E-state index contributed by atoms with van der Waals surface area (Å²) in [5.74, 6) is -0.119. The molecule has 0 aliphatic heterocycles. The van der Waals surface area contributed by atoms with Gasteiger partial charge in [-0.3, -0.25) is 4.79 Å². The Morgan fingerprint density at radius 3 is 2.58 bits per heavy atom. The highest BCUT2D eigenvalue weighted by Crippen LogP contribution is 2.19. The van der Waals surface area contributed by atoms with Gasteiger partial charge in [-0.2, -0.15) is 5.26 Å². The third-order valence-corrected chi connectivity index (χ3v) is 2.67. The lowest BCUT2D eigenvalue weighted by atomic mass is 10.1. The van der Waals surface area contributed by atoms with E-state index in [4.69, 9.17) is 15.7 Å². The van der Waals surface area contributed by atoms with E-state index in [1.165, 1.54) is 0 Å². The molecule has 0 saturated heterocycles. The first-order chi connectivity index (χ1) is 9.22. The predicted octanol–water partition coefficient (Wildman–Crippen LogP) is 2.24. The van der Waals surface area contributed by atoms with Crippen LogP contribution in [-0.4, -0.2) is 5.91 Å². The van der Waals surface area contributed by atoms with Crippen LogP contribution >= 0.6 is 0 Å². The van der Waals surface area contributed by atoms with Crippen LogP contribution in [0.25, 0.3) is 0 Å². The largest absolute Gasteiger partial charge is 0.488 e. The molecule has 0 aromatic heterocycles. The lowest BCUT2D eigenvalue weighted by Crippen LogP contribution is -2.13. The Morgan fingerprint density at radius 1 is 1.16 bits per heavy atom. The minimum Gasteiger partial charge on any atom is -0.488 e. The molecular formula is C15H12N2O2. The lowest BCUT2D eigenvalue weighted by Gasteiger charge is -2.10. The Labute approximate surface area is 111 Å². The molecule has 4 nitrogen and oxygen atoms in total. The zero-order chi connectivity index (χ0) is 13.7. The number of amides is 1. The van der Waals surface area contributed by atoms with Gasteiger partial charge in [0.1, 0.15) is 12.4 Å². The number of carbonyl (C=O) groups excluding carboxylic acids is 1. The highest BCUT2D eigenvalue weighted by Gasteiger charge is 2.09. The number of primary amides is 1. The van der Waals surface area contributed by atoms with Crippen molar-refractivity contribution in [2.75, 3.05) is 0 Å². The number of nitrogens with zero attached hydrogens (tertiary/aromatic N) is 1. The molecule has 19 heavy (non-hydrogen) atoms. The van der Waals surface area contributed by atoms with Crippen molar-refractivity contribution in [2.24, 2.45) is 5.73 Å². The molecular weight excluding hydrogens is 240 g/mol. The van der Waals surface area contributed by atoms with E-state index >= 15 is 0 Å². The number of nitriles is 1. The molecule has 0 fully saturated rings. The van der Waals surface area contributed by atoms with Gasteiger partial charge < -0.3 is 10.5 Å². The van der Waals surface area contributed by atoms with E-state index in [1.54, 1.807) is 36.4 Å². The Kier molecular flexibility index (Phi) is 3.79. The summed E-state index contributed by atoms with van der Waals surface area (Å²) in [5, 5.41) is 8.98. The monoisotopic (exact) mass is 252 g/mol. The van der Waals surface area contributed by atoms with Crippen molar-refractivity contribution in [3.63, 3.8) is 0 Å². The number of hydrogen-bond acceptors (Lipinski definition) is 3. The molecule has 94 valence electrons. The Hall–Kier alpha value is -2.80. The topological polar surface area (TPSA) is 76.1 Å². The van der Waals surface area contributed by atoms with E-state index in [0.717, 1.165) is 5.56 Å². The number of rotatable bonds is 4. The number of carbonyl (C=O) groups is 1. The summed E-state index contributed by atoms with van der Waals surface area (Å²) >= 11 is 0. The van der Waals surface area contributed by atoms with Crippen molar-refractivity contribution < 1.29 is 9.53 Å². The first-order valence-electron chi connectivity index (χ1n) is 5.72. The second-order valence-electron chi connectivity index (χ2n) is 3.92. The molecule has 2 aromatic rings. The van der Waals surface area contributed by atoms with Crippen LogP contribution in [0, 0.1) is 11.3 Å². The Balaban J connectivity index is 2.20. The van der Waals surface area contributed by atoms with E-state index < -0.39 is 5.91 Å². The van der Waals surface area contributed by atoms with Gasteiger partial charge in [0.05, 0.1) is 17.2 Å². The maximum absolute atomic E-state index is 11.2. The normalized spacial score (nSPS) is 9.63. The van der Waals surface area contributed by atoms with E-state index in [0.29, 0.717) is 16.9 Å². The summed E-state index contributed by atoms with van der Waals surface area (Å²) in [6.45, 7) is 0.216. The van der Waals surface area contributed by atoms with Crippen LogP contribution in [0.2, 0.25) is 0 Å². The van der Waals surface area contributed by atoms with Gasteiger partial charge in [0.2, 0.25) is 0 Å². The van der Waals surface area contributed by atoms with Crippen LogP contribution < -0.4 is 10.5 Å². The molecule has 2 aromatic carbocycles. The van der Waals surface area contributed by atoms with Gasteiger partial charge in [0.15, 0.2) is 0 Å². The third-order valence-electron chi connectivity index (χ3n) is 2.67. The van der Waals surface area contributed by atoms with Crippen molar-refractivity contribution in [3.05, 3.63) is 65.2 Å². The zero-order valence-electron chi connectivity index (χ0n) is 10.2. The molecule has 0 aliphatic rings. The fraction of sp³-hybridized carbons (Fsp3) is 0.0667. The van der Waals surface area contributed by atoms with E-state index in [1.807, 2.05) is 12.1 Å². The van der Waals surface area contributed by atoms with Crippen LogP contribution in [0.15, 0.2) is 48.5 Å². The molecule has 1 amide bonds. The van der Waals surface area contributed by atoms with E-state index in [-0.39, 0.29) is 6.61 Å². The van der Waals surface area contributed by atoms with Crippen LogP contribution in [0.4, 0.5) is 0 Å². The van der Waals surface area contributed by atoms with Crippen molar-refractivity contribution >= 4 is 5.91 Å². The van der Waals surface area contributed by atoms with E-state index in [9.17, 15) is 4.79 Å². The second kappa shape index (κ2) is 5.69. The summed E-state index contributed by atoms with van der Waals surface area (Å²) < 4.78 is 5.58. The van der Waals surface area contributed by atoms with Crippen molar-refractivity contribution in [3.8, 4) is 11.8 Å². The summed E-state index contributed by atoms with van der Waals surface area (Å²) in [6, 6.07) is 16.0. The number of hydrogen-bond donors (Lipinski definition) is 1. The number of nitrogens with two attached hydrogens (primary N) is 1. The highest BCUT2D eigenvalue weighted by molar-refractivity contribution is 5.95. The van der Waals surface area contributed by atoms with Gasteiger partial charge in [-0.15, -0.1) is 0 Å². The van der Waals surface area contributed by atoms with Crippen LogP contribution in [0.3, 0.4) is 0 Å². The van der Waals surface area contributed by atoms with Gasteiger partial charge in [0.25, 0.3) is 5.91 Å². The standard InChI is InChI=1S/C15H12N2O2/c16-9-11-5-1-2-6-12(11)10-19-14-8-4-3-7-13(14)15(17)18/h1-8H,10H2,(H2,17,18). The smallest absolute Gasteiger partial charge is 0.252 e. The SMILES string of the molecule is N#Cc1ccccc1COc1ccccc1C(N)=O. The van der Waals surface area contributed by atoms with Crippen molar-refractivity contribution in [1.82, 2.24) is 0 Å². The van der Waals surface area contributed by atoms with Crippen LogP contribution in [-0.2, 0) is 6.61 Å². The molecule has 0 aliphatic carbocycles. The number of para-hydroxylation sites is 1. The molecule has 0 radical (unpaired) electrons. The van der Waals surface area contributed by atoms with Gasteiger partial charge >= 0.3 is 0 Å². The minimum atomic E-state index is -0.538. The van der Waals surface area contributed by atoms with Gasteiger partial charge in [-0.05, 0) is 18.2 Å². The molecule has 0 spiro atoms. The molecule has 2 rings (SSSR count). The summed E-state index contributed by atoms with van der Waals surface area (Å²) in [5.41, 5.74) is 6.92. The molecule has 0 saturated carbocycles. The second-order valence-corrected chi connectivity index (χ2v) is 3.92. The third kappa shape index (κ3) is 2.90. The Morgan fingerprint density at radius 2 is 1.84 bits per heavy atom. The summed E-state index contributed by atoms with van der Waals surface area (Å²) in [4.78, 5) is 11.2. The molecule has 2 N–H and O–H groups in total. The molecule has 0 atom stereocenters. The van der Waals surface area contributed by atoms with Crippen LogP contribution in [0.1, 0.15) is 21.5 Å². The minimum absolute atomic E-state index is 0.216. The predicted molar refractivity (Wildman–Crippen MR) is 70.4 cm³/mol. The van der Waals surface area contributed by atoms with Crippen molar-refractivity contribution in [2.45, 2.75) is 6.61 Å². The average Bonchev–Trinajstić information content (AvgIpc) is 2.45. The number of ether oxygens (including phenoxy) is 1. The fourth-order valence-electron chi connectivity index (χ4n) is 1.71. The van der Waals surface area contributed by atoms with E-state index in [2.05, 4.69) is 6.07 Å². The average molecular weight is 252 g/mol. The maximum atomic E-state index is 11.2. The maximum Gasteiger partial charge on any atom is 0.252 e. The summed E-state index contributed by atoms with van der Waals surface area (Å²) in [6.07, 6.45) is 0. The van der Waals surface area contributed by atoms with Gasteiger partial charge in [-0.25, -0.2) is 0 Å².